The maximum atomic E-state index is 11.7. The van der Waals surface area contributed by atoms with Crippen LogP contribution in [-0.4, -0.2) is 19.5 Å². The summed E-state index contributed by atoms with van der Waals surface area (Å²) in [6, 6.07) is 9.28. The Morgan fingerprint density at radius 2 is 2.06 bits per heavy atom. The molecule has 0 spiro atoms. The van der Waals surface area contributed by atoms with Crippen LogP contribution in [0.2, 0.25) is 0 Å². The Balaban J connectivity index is 2.22. The number of hydrogen-bond donors (Lipinski definition) is 0. The van der Waals surface area contributed by atoms with Crippen molar-refractivity contribution in [1.29, 1.82) is 0 Å². The molecule has 0 aliphatic heterocycles. The largest absolute Gasteiger partial charge is 0.372 e. The van der Waals surface area contributed by atoms with E-state index in [-0.39, 0.29) is 5.78 Å². The van der Waals surface area contributed by atoms with Crippen LogP contribution in [0.15, 0.2) is 42.5 Å². The van der Waals surface area contributed by atoms with Gasteiger partial charge < -0.3 is 4.74 Å². The third kappa shape index (κ3) is 6.03. The van der Waals surface area contributed by atoms with Crippen LogP contribution in [0.25, 0.3) is 0 Å². The van der Waals surface area contributed by atoms with Gasteiger partial charge in [-0.05, 0) is 18.9 Å². The van der Waals surface area contributed by atoms with Gasteiger partial charge in [0.2, 0.25) is 0 Å². The number of ether oxygens (including phenoxy) is 1. The summed E-state index contributed by atoms with van der Waals surface area (Å²) in [5.74, 6) is 5.97. The fourth-order valence-corrected chi connectivity index (χ4v) is 1.41. The van der Waals surface area contributed by atoms with Crippen molar-refractivity contribution in [3.05, 3.63) is 48.0 Å². The average molecular weight is 242 g/mol. The van der Waals surface area contributed by atoms with Crippen molar-refractivity contribution in [1.82, 2.24) is 0 Å². The van der Waals surface area contributed by atoms with Gasteiger partial charge in [0.25, 0.3) is 0 Å². The standard InChI is InChI=1S/C16H18O2/c1-18-14-10-5-3-2-4-9-13-16(17)15-11-7-6-8-12-15/h6-9,11-13H,2-4,14H2,1H3/b13-9+. The molecule has 0 atom stereocenters. The minimum atomic E-state index is 0.0565. The van der Waals surface area contributed by atoms with Gasteiger partial charge in [-0.3, -0.25) is 4.79 Å². The summed E-state index contributed by atoms with van der Waals surface area (Å²) in [7, 11) is 1.63. The first-order valence-corrected chi connectivity index (χ1v) is 6.05. The highest BCUT2D eigenvalue weighted by molar-refractivity contribution is 6.04. The Labute approximate surface area is 109 Å². The first-order valence-electron chi connectivity index (χ1n) is 6.05. The zero-order valence-corrected chi connectivity index (χ0v) is 10.7. The van der Waals surface area contributed by atoms with E-state index in [2.05, 4.69) is 11.8 Å². The maximum Gasteiger partial charge on any atom is 0.185 e. The predicted molar refractivity (Wildman–Crippen MR) is 73.4 cm³/mol. The van der Waals surface area contributed by atoms with E-state index in [1.165, 1.54) is 0 Å². The Hall–Kier alpha value is -1.85. The van der Waals surface area contributed by atoms with Gasteiger partial charge in [0.1, 0.15) is 6.61 Å². The second kappa shape index (κ2) is 9.21. The number of carbonyl (C=O) groups excluding carboxylic acids is 1. The van der Waals surface area contributed by atoms with E-state index in [1.54, 1.807) is 13.2 Å². The van der Waals surface area contributed by atoms with Crippen molar-refractivity contribution in [3.8, 4) is 11.8 Å². The van der Waals surface area contributed by atoms with E-state index in [9.17, 15) is 4.79 Å². The molecular formula is C16H18O2. The number of allylic oxidation sites excluding steroid dienone is 2. The molecule has 0 amide bonds. The molecule has 1 aromatic carbocycles. The third-order valence-electron chi connectivity index (χ3n) is 2.34. The topological polar surface area (TPSA) is 26.3 Å². The van der Waals surface area contributed by atoms with Crippen molar-refractivity contribution < 1.29 is 9.53 Å². The molecule has 0 N–H and O–H groups in total. The van der Waals surface area contributed by atoms with E-state index in [1.807, 2.05) is 36.4 Å². The molecule has 0 radical (unpaired) electrons. The van der Waals surface area contributed by atoms with Gasteiger partial charge in [-0.25, -0.2) is 0 Å². The van der Waals surface area contributed by atoms with E-state index in [4.69, 9.17) is 4.74 Å². The van der Waals surface area contributed by atoms with Crippen molar-refractivity contribution in [2.45, 2.75) is 19.3 Å². The molecule has 2 heteroatoms. The second-order valence-corrected chi connectivity index (χ2v) is 3.81. The molecule has 0 unspecified atom stereocenters. The Kier molecular flexibility index (Phi) is 7.27. The summed E-state index contributed by atoms with van der Waals surface area (Å²) < 4.78 is 4.82. The summed E-state index contributed by atoms with van der Waals surface area (Å²) >= 11 is 0. The van der Waals surface area contributed by atoms with Crippen LogP contribution in [0.5, 0.6) is 0 Å². The smallest absolute Gasteiger partial charge is 0.185 e. The lowest BCUT2D eigenvalue weighted by molar-refractivity contribution is 0.104. The maximum absolute atomic E-state index is 11.7. The summed E-state index contributed by atoms with van der Waals surface area (Å²) in [5.41, 5.74) is 0.730. The number of ketones is 1. The van der Waals surface area contributed by atoms with Crippen molar-refractivity contribution in [2.24, 2.45) is 0 Å². The summed E-state index contributed by atoms with van der Waals surface area (Å²) in [4.78, 5) is 11.7. The minimum absolute atomic E-state index is 0.0565. The number of hydrogen-bond acceptors (Lipinski definition) is 2. The first-order chi connectivity index (χ1) is 8.84. The predicted octanol–water partition coefficient (Wildman–Crippen LogP) is 3.25. The molecule has 18 heavy (non-hydrogen) atoms. The lowest BCUT2D eigenvalue weighted by Gasteiger charge is -1.93. The molecule has 2 nitrogen and oxygen atoms in total. The first kappa shape index (κ1) is 14.2. The zero-order valence-electron chi connectivity index (χ0n) is 10.7. The molecule has 0 aliphatic carbocycles. The van der Waals surface area contributed by atoms with Crippen LogP contribution in [0.4, 0.5) is 0 Å². The molecule has 0 heterocycles. The third-order valence-corrected chi connectivity index (χ3v) is 2.34. The lowest BCUT2D eigenvalue weighted by atomic mass is 10.1. The molecule has 0 aromatic heterocycles. The van der Waals surface area contributed by atoms with Gasteiger partial charge in [-0.1, -0.05) is 42.3 Å². The highest BCUT2D eigenvalue weighted by Gasteiger charge is 1.98. The van der Waals surface area contributed by atoms with E-state index in [0.29, 0.717) is 6.61 Å². The van der Waals surface area contributed by atoms with Crippen LogP contribution in [0, 0.1) is 11.8 Å². The van der Waals surface area contributed by atoms with Crippen LogP contribution >= 0.6 is 0 Å². The molecule has 0 aliphatic rings. The SMILES string of the molecule is COCC#CCCC/C=C/C(=O)c1ccccc1. The average Bonchev–Trinajstić information content (AvgIpc) is 2.42. The Morgan fingerprint density at radius 1 is 1.28 bits per heavy atom. The van der Waals surface area contributed by atoms with Crippen LogP contribution < -0.4 is 0 Å². The molecule has 0 saturated heterocycles. The normalized spacial score (nSPS) is 10.1. The van der Waals surface area contributed by atoms with Crippen molar-refractivity contribution in [3.63, 3.8) is 0 Å². The molecule has 0 fully saturated rings. The number of unbranched alkanes of at least 4 members (excludes halogenated alkanes) is 2. The van der Waals surface area contributed by atoms with Gasteiger partial charge >= 0.3 is 0 Å². The van der Waals surface area contributed by atoms with Gasteiger partial charge in [-0.2, -0.15) is 0 Å². The van der Waals surface area contributed by atoms with Gasteiger partial charge in [-0.15, -0.1) is 5.92 Å². The van der Waals surface area contributed by atoms with Crippen LogP contribution in [0.1, 0.15) is 29.6 Å². The number of benzene rings is 1. The summed E-state index contributed by atoms with van der Waals surface area (Å²) in [6.07, 6.45) is 6.23. The van der Waals surface area contributed by atoms with Gasteiger partial charge in [0, 0.05) is 19.1 Å². The Bertz CT molecular complexity index is 435. The van der Waals surface area contributed by atoms with Gasteiger partial charge in [0.05, 0.1) is 0 Å². The highest BCUT2D eigenvalue weighted by atomic mass is 16.5. The zero-order chi connectivity index (χ0) is 13.1. The quantitative estimate of drug-likeness (QED) is 0.331. The van der Waals surface area contributed by atoms with Crippen molar-refractivity contribution in [2.75, 3.05) is 13.7 Å². The fraction of sp³-hybridized carbons (Fsp3) is 0.312. The summed E-state index contributed by atoms with van der Waals surface area (Å²) in [5, 5.41) is 0. The van der Waals surface area contributed by atoms with E-state index < -0.39 is 0 Å². The summed E-state index contributed by atoms with van der Waals surface area (Å²) in [6.45, 7) is 0.488. The highest BCUT2D eigenvalue weighted by Crippen LogP contribution is 2.02. The molecular weight excluding hydrogens is 224 g/mol. The fourth-order valence-electron chi connectivity index (χ4n) is 1.41. The molecule has 0 bridgehead atoms. The van der Waals surface area contributed by atoms with E-state index in [0.717, 1.165) is 24.8 Å². The number of methoxy groups -OCH3 is 1. The monoisotopic (exact) mass is 242 g/mol. The lowest BCUT2D eigenvalue weighted by Crippen LogP contribution is -1.92. The molecule has 1 aromatic rings. The molecule has 94 valence electrons. The molecule has 0 saturated carbocycles. The van der Waals surface area contributed by atoms with Crippen LogP contribution in [-0.2, 0) is 4.74 Å². The van der Waals surface area contributed by atoms with Gasteiger partial charge in [0.15, 0.2) is 5.78 Å². The number of carbonyl (C=O) groups is 1. The van der Waals surface area contributed by atoms with Crippen molar-refractivity contribution >= 4 is 5.78 Å². The second-order valence-electron chi connectivity index (χ2n) is 3.81. The number of rotatable bonds is 6. The minimum Gasteiger partial charge on any atom is -0.372 e. The van der Waals surface area contributed by atoms with Crippen LogP contribution in [0.3, 0.4) is 0 Å². The van der Waals surface area contributed by atoms with E-state index >= 15 is 0 Å². The Morgan fingerprint density at radius 3 is 2.78 bits per heavy atom. The molecule has 1 rings (SSSR count).